The smallest absolute Gasteiger partial charge is 0.407 e. The maximum absolute atomic E-state index is 12.1. The van der Waals surface area contributed by atoms with E-state index in [-0.39, 0.29) is 17.6 Å². The minimum atomic E-state index is -3.10. The van der Waals surface area contributed by atoms with Crippen molar-refractivity contribution in [2.75, 3.05) is 18.8 Å². The van der Waals surface area contributed by atoms with Crippen molar-refractivity contribution in [2.45, 2.75) is 51.4 Å². The molecule has 1 aliphatic rings. The lowest BCUT2D eigenvalue weighted by Crippen LogP contribution is -2.45. The Balaban J connectivity index is 2.67. The Morgan fingerprint density at radius 3 is 2.38 bits per heavy atom. The summed E-state index contributed by atoms with van der Waals surface area (Å²) in [5.74, 6) is 0.0559. The van der Waals surface area contributed by atoms with Gasteiger partial charge in [0.1, 0.15) is 5.60 Å². The number of carbonyl (C=O) groups excluding carboxylic acids is 1. The summed E-state index contributed by atoms with van der Waals surface area (Å²) in [5, 5.41) is 2.70. The summed E-state index contributed by atoms with van der Waals surface area (Å²) in [6.45, 7) is 9.53. The van der Waals surface area contributed by atoms with Crippen LogP contribution in [0, 0.1) is 11.8 Å². The van der Waals surface area contributed by atoms with Crippen molar-refractivity contribution in [2.24, 2.45) is 17.6 Å². The van der Waals surface area contributed by atoms with Crippen LogP contribution in [-0.4, -0.2) is 43.7 Å². The number of nitrogens with two attached hydrogens (primary N) is 1. The third kappa shape index (κ3) is 4.32. The Hall–Kier alpha value is -0.820. The molecule has 0 aromatic rings. The van der Waals surface area contributed by atoms with Gasteiger partial charge in [0.15, 0.2) is 9.84 Å². The van der Waals surface area contributed by atoms with Gasteiger partial charge in [-0.25, -0.2) is 13.2 Å². The number of carbonyl (C=O) groups is 1. The highest BCUT2D eigenvalue weighted by atomic mass is 32.2. The van der Waals surface area contributed by atoms with Crippen LogP contribution >= 0.6 is 0 Å². The molecular weight excluding hydrogens is 292 g/mol. The fourth-order valence-corrected chi connectivity index (χ4v) is 4.71. The van der Waals surface area contributed by atoms with Crippen LogP contribution in [-0.2, 0) is 14.6 Å². The zero-order chi connectivity index (χ0) is 16.5. The zero-order valence-electron chi connectivity index (χ0n) is 13.6. The summed E-state index contributed by atoms with van der Waals surface area (Å²) in [4.78, 5) is 11.7. The third-order valence-corrected chi connectivity index (χ3v) is 6.85. The number of hydrogen-bond donors (Lipinski definition) is 2. The van der Waals surface area contributed by atoms with Gasteiger partial charge < -0.3 is 15.8 Å². The zero-order valence-corrected chi connectivity index (χ0v) is 14.4. The van der Waals surface area contributed by atoms with Crippen LogP contribution in [0.1, 0.15) is 41.0 Å². The van der Waals surface area contributed by atoms with E-state index in [0.29, 0.717) is 19.5 Å². The lowest BCUT2D eigenvalue weighted by Gasteiger charge is -2.32. The van der Waals surface area contributed by atoms with E-state index < -0.39 is 26.3 Å². The third-order valence-electron chi connectivity index (χ3n) is 4.17. The highest BCUT2D eigenvalue weighted by molar-refractivity contribution is 7.93. The Morgan fingerprint density at radius 2 is 2.00 bits per heavy atom. The van der Waals surface area contributed by atoms with Gasteiger partial charge in [0, 0.05) is 6.54 Å². The summed E-state index contributed by atoms with van der Waals surface area (Å²) in [5.41, 5.74) is 5.23. The summed E-state index contributed by atoms with van der Waals surface area (Å²) < 4.78 is 28.6. The van der Waals surface area contributed by atoms with Crippen LogP contribution in [0.4, 0.5) is 4.79 Å². The molecule has 1 saturated heterocycles. The highest BCUT2D eigenvalue weighted by Crippen LogP contribution is 2.41. The average molecular weight is 320 g/mol. The fourth-order valence-electron chi connectivity index (χ4n) is 2.85. The molecule has 0 aromatic carbocycles. The summed E-state index contributed by atoms with van der Waals surface area (Å²) >= 11 is 0. The molecule has 7 heteroatoms. The molecule has 2 unspecified atom stereocenters. The number of alkyl carbamates (subject to hydrolysis) is 1. The van der Waals surface area contributed by atoms with E-state index in [2.05, 4.69) is 5.32 Å². The Kier molecular flexibility index (Phi) is 5.31. The summed E-state index contributed by atoms with van der Waals surface area (Å²) in [6.07, 6.45) is 0.0901. The second-order valence-electron chi connectivity index (χ2n) is 7.20. The molecule has 0 bridgehead atoms. The fraction of sp³-hybridized carbons (Fsp3) is 0.929. The first-order valence-electron chi connectivity index (χ1n) is 7.30. The maximum Gasteiger partial charge on any atom is 0.407 e. The minimum Gasteiger partial charge on any atom is -0.444 e. The maximum atomic E-state index is 12.1. The van der Waals surface area contributed by atoms with Gasteiger partial charge in [0.2, 0.25) is 0 Å². The van der Waals surface area contributed by atoms with Crippen molar-refractivity contribution < 1.29 is 17.9 Å². The standard InChI is InChI=1S/C14H28N2O4S/c1-13(2,3)20-12(17)16-9-10(8-15)11-6-7-21(18,19)14(11,4)5/h10-11H,6-9,15H2,1-5H3,(H,16,17). The minimum absolute atomic E-state index is 0.0533. The van der Waals surface area contributed by atoms with Crippen LogP contribution in [0.2, 0.25) is 0 Å². The highest BCUT2D eigenvalue weighted by Gasteiger charge is 2.50. The first-order valence-corrected chi connectivity index (χ1v) is 8.95. The summed E-state index contributed by atoms with van der Waals surface area (Å²) in [6, 6.07) is 0. The molecular formula is C14H28N2O4S. The normalized spacial score (nSPS) is 25.3. The van der Waals surface area contributed by atoms with Crippen LogP contribution in [0.25, 0.3) is 0 Å². The second kappa shape index (κ2) is 6.12. The van der Waals surface area contributed by atoms with Crippen LogP contribution in [0.5, 0.6) is 0 Å². The predicted octanol–water partition coefficient (Wildman–Crippen LogP) is 1.30. The van der Waals surface area contributed by atoms with E-state index in [4.69, 9.17) is 10.5 Å². The number of nitrogens with one attached hydrogen (secondary N) is 1. The molecule has 6 nitrogen and oxygen atoms in total. The quantitative estimate of drug-likeness (QED) is 0.813. The first kappa shape index (κ1) is 18.2. The van der Waals surface area contributed by atoms with Crippen molar-refractivity contribution in [3.63, 3.8) is 0 Å². The number of amides is 1. The van der Waals surface area contributed by atoms with Gasteiger partial charge >= 0.3 is 6.09 Å². The van der Waals surface area contributed by atoms with Crippen LogP contribution in [0.3, 0.4) is 0 Å². The van der Waals surface area contributed by atoms with Gasteiger partial charge in [-0.1, -0.05) is 0 Å². The number of hydrogen-bond acceptors (Lipinski definition) is 5. The van der Waals surface area contributed by atoms with Crippen molar-refractivity contribution in [1.82, 2.24) is 5.32 Å². The van der Waals surface area contributed by atoms with Gasteiger partial charge in [-0.05, 0) is 59.4 Å². The molecule has 0 radical (unpaired) electrons. The Bertz CT molecular complexity index is 480. The van der Waals surface area contributed by atoms with E-state index >= 15 is 0 Å². The van der Waals surface area contributed by atoms with Crippen LogP contribution in [0.15, 0.2) is 0 Å². The molecule has 0 saturated carbocycles. The first-order chi connectivity index (χ1) is 9.40. The molecule has 1 amide bonds. The molecule has 0 aromatic heterocycles. The summed E-state index contributed by atoms with van der Waals surface area (Å²) in [7, 11) is -3.10. The Morgan fingerprint density at radius 1 is 1.43 bits per heavy atom. The molecule has 1 fully saturated rings. The molecule has 0 spiro atoms. The van der Waals surface area contributed by atoms with Gasteiger partial charge in [0.05, 0.1) is 10.5 Å². The van der Waals surface area contributed by atoms with Gasteiger partial charge in [-0.15, -0.1) is 0 Å². The monoisotopic (exact) mass is 320 g/mol. The van der Waals surface area contributed by atoms with E-state index in [1.165, 1.54) is 0 Å². The van der Waals surface area contributed by atoms with E-state index in [1.807, 2.05) is 0 Å². The average Bonchev–Trinajstić information content (AvgIpc) is 2.49. The van der Waals surface area contributed by atoms with Gasteiger partial charge in [-0.3, -0.25) is 0 Å². The number of ether oxygens (including phenoxy) is 1. The van der Waals surface area contributed by atoms with E-state index in [1.54, 1.807) is 34.6 Å². The molecule has 3 N–H and O–H groups in total. The largest absolute Gasteiger partial charge is 0.444 e. The molecule has 2 atom stereocenters. The molecule has 1 rings (SSSR count). The van der Waals surface area contributed by atoms with E-state index in [0.717, 1.165) is 0 Å². The molecule has 0 aliphatic carbocycles. The van der Waals surface area contributed by atoms with Gasteiger partial charge in [-0.2, -0.15) is 0 Å². The van der Waals surface area contributed by atoms with Crippen LogP contribution < -0.4 is 11.1 Å². The Labute approximate surface area is 127 Å². The van der Waals surface area contributed by atoms with E-state index in [9.17, 15) is 13.2 Å². The number of rotatable bonds is 4. The molecule has 21 heavy (non-hydrogen) atoms. The van der Waals surface area contributed by atoms with Crippen molar-refractivity contribution in [3.8, 4) is 0 Å². The van der Waals surface area contributed by atoms with Gasteiger partial charge in [0.25, 0.3) is 0 Å². The van der Waals surface area contributed by atoms with Crippen molar-refractivity contribution in [3.05, 3.63) is 0 Å². The predicted molar refractivity (Wildman–Crippen MR) is 82.8 cm³/mol. The SMILES string of the molecule is CC(C)(C)OC(=O)NCC(CN)C1CCS(=O)(=O)C1(C)C. The molecule has 124 valence electrons. The topological polar surface area (TPSA) is 98.5 Å². The second-order valence-corrected chi connectivity index (χ2v) is 9.89. The lowest BCUT2D eigenvalue weighted by atomic mass is 9.81. The molecule has 1 aliphatic heterocycles. The lowest BCUT2D eigenvalue weighted by molar-refractivity contribution is 0.0512. The number of sulfone groups is 1. The van der Waals surface area contributed by atoms with Crippen molar-refractivity contribution in [1.29, 1.82) is 0 Å². The van der Waals surface area contributed by atoms with Crippen molar-refractivity contribution >= 4 is 15.9 Å². The molecule has 1 heterocycles.